The van der Waals surface area contributed by atoms with Gasteiger partial charge in [-0.25, -0.2) is 0 Å². The molecule has 1 heterocycles. The Balaban J connectivity index is 1.90. The second-order valence-electron chi connectivity index (χ2n) is 5.63. The molecule has 3 rings (SSSR count). The van der Waals surface area contributed by atoms with Gasteiger partial charge in [0.05, 0.1) is 5.56 Å². The van der Waals surface area contributed by atoms with Crippen molar-refractivity contribution in [3.05, 3.63) is 50.9 Å². The molecule has 22 heavy (non-hydrogen) atoms. The van der Waals surface area contributed by atoms with Crippen molar-refractivity contribution < 1.29 is 4.79 Å². The van der Waals surface area contributed by atoms with Crippen LogP contribution in [0.15, 0.2) is 24.3 Å². The van der Waals surface area contributed by atoms with Crippen LogP contribution in [0, 0.1) is 17.2 Å². The number of hydrogen-bond donors (Lipinski definition) is 1. The van der Waals surface area contributed by atoms with Crippen LogP contribution in [0.2, 0.25) is 5.02 Å². The first-order chi connectivity index (χ1) is 10.6. The number of benzene rings is 1. The Morgan fingerprint density at radius 3 is 3.05 bits per heavy atom. The van der Waals surface area contributed by atoms with Crippen LogP contribution in [0.25, 0.3) is 0 Å². The van der Waals surface area contributed by atoms with Crippen LogP contribution in [0.4, 0.5) is 5.00 Å². The molecule has 1 atom stereocenters. The fourth-order valence-corrected chi connectivity index (χ4v) is 4.31. The molecule has 5 heteroatoms. The van der Waals surface area contributed by atoms with E-state index in [1.54, 1.807) is 24.3 Å². The van der Waals surface area contributed by atoms with Crippen molar-refractivity contribution in [2.45, 2.75) is 26.2 Å². The number of hydrogen-bond acceptors (Lipinski definition) is 3. The Bertz CT molecular complexity index is 775. The monoisotopic (exact) mass is 330 g/mol. The summed E-state index contributed by atoms with van der Waals surface area (Å²) in [4.78, 5) is 13.6. The molecule has 0 spiro atoms. The van der Waals surface area contributed by atoms with E-state index in [0.29, 0.717) is 27.1 Å². The van der Waals surface area contributed by atoms with Crippen molar-refractivity contribution in [2.75, 3.05) is 5.32 Å². The van der Waals surface area contributed by atoms with Crippen LogP contribution < -0.4 is 5.32 Å². The number of halogens is 1. The first kappa shape index (κ1) is 15.1. The van der Waals surface area contributed by atoms with Crippen LogP contribution in [0.5, 0.6) is 0 Å². The van der Waals surface area contributed by atoms with Gasteiger partial charge in [-0.15, -0.1) is 11.3 Å². The average molecular weight is 331 g/mol. The molecule has 1 aromatic carbocycles. The van der Waals surface area contributed by atoms with E-state index in [2.05, 4.69) is 18.3 Å². The molecule has 0 unspecified atom stereocenters. The number of fused-ring (bicyclic) bond motifs is 1. The zero-order valence-electron chi connectivity index (χ0n) is 12.1. The summed E-state index contributed by atoms with van der Waals surface area (Å²) in [6.45, 7) is 2.22. The zero-order chi connectivity index (χ0) is 15.7. The van der Waals surface area contributed by atoms with E-state index in [1.165, 1.54) is 16.2 Å². The summed E-state index contributed by atoms with van der Waals surface area (Å²) in [5.41, 5.74) is 2.24. The number of carbonyl (C=O) groups excluding carboxylic acids is 1. The smallest absolute Gasteiger partial charge is 0.256 e. The van der Waals surface area contributed by atoms with Gasteiger partial charge in [-0.3, -0.25) is 4.79 Å². The minimum Gasteiger partial charge on any atom is -0.312 e. The van der Waals surface area contributed by atoms with Gasteiger partial charge in [-0.05, 0) is 48.9 Å². The number of carbonyl (C=O) groups is 1. The number of rotatable bonds is 2. The van der Waals surface area contributed by atoms with Gasteiger partial charge in [0.2, 0.25) is 0 Å². The molecule has 1 N–H and O–H groups in total. The van der Waals surface area contributed by atoms with Crippen molar-refractivity contribution >= 4 is 33.8 Å². The highest BCUT2D eigenvalue weighted by Gasteiger charge is 2.24. The summed E-state index contributed by atoms with van der Waals surface area (Å²) in [6, 6.07) is 9.06. The number of anilines is 1. The summed E-state index contributed by atoms with van der Waals surface area (Å²) < 4.78 is 0. The van der Waals surface area contributed by atoms with Gasteiger partial charge in [0.25, 0.3) is 5.91 Å². The highest BCUT2D eigenvalue weighted by atomic mass is 35.5. The molecule has 1 aliphatic rings. The van der Waals surface area contributed by atoms with Crippen LogP contribution >= 0.6 is 22.9 Å². The molecule has 0 saturated carbocycles. The first-order valence-electron chi connectivity index (χ1n) is 7.20. The van der Waals surface area contributed by atoms with Gasteiger partial charge in [0.1, 0.15) is 11.1 Å². The van der Waals surface area contributed by atoms with Gasteiger partial charge < -0.3 is 5.32 Å². The van der Waals surface area contributed by atoms with E-state index >= 15 is 0 Å². The molecule has 112 valence electrons. The highest BCUT2D eigenvalue weighted by Crippen LogP contribution is 2.39. The summed E-state index contributed by atoms with van der Waals surface area (Å²) in [7, 11) is 0. The lowest BCUT2D eigenvalue weighted by atomic mass is 9.88. The van der Waals surface area contributed by atoms with Crippen LogP contribution in [-0.4, -0.2) is 5.91 Å². The zero-order valence-corrected chi connectivity index (χ0v) is 13.7. The third kappa shape index (κ3) is 2.87. The van der Waals surface area contributed by atoms with Crippen molar-refractivity contribution in [2.24, 2.45) is 5.92 Å². The van der Waals surface area contributed by atoms with Crippen molar-refractivity contribution in [1.29, 1.82) is 5.26 Å². The van der Waals surface area contributed by atoms with E-state index in [-0.39, 0.29) is 5.91 Å². The van der Waals surface area contributed by atoms with Crippen LogP contribution in [0.1, 0.15) is 39.7 Å². The second-order valence-corrected chi connectivity index (χ2v) is 7.17. The first-order valence-corrected chi connectivity index (χ1v) is 8.39. The molecule has 1 aromatic heterocycles. The SMILES string of the molecule is C[C@@H]1CCc2c(sc(NC(=O)c3cccc(Cl)c3)c2C#N)C1. The number of amides is 1. The Labute approximate surface area is 138 Å². The molecule has 0 fully saturated rings. The number of nitriles is 1. The van der Waals surface area contributed by atoms with E-state index < -0.39 is 0 Å². The fraction of sp³-hybridized carbons (Fsp3) is 0.294. The number of nitrogens with one attached hydrogen (secondary N) is 1. The maximum Gasteiger partial charge on any atom is 0.256 e. The summed E-state index contributed by atoms with van der Waals surface area (Å²) >= 11 is 7.45. The van der Waals surface area contributed by atoms with Crippen LogP contribution in [0.3, 0.4) is 0 Å². The molecule has 2 aromatic rings. The van der Waals surface area contributed by atoms with Crippen molar-refractivity contribution in [3.8, 4) is 6.07 Å². The minimum absolute atomic E-state index is 0.231. The largest absolute Gasteiger partial charge is 0.312 e. The molecule has 1 amide bonds. The maximum atomic E-state index is 12.3. The van der Waals surface area contributed by atoms with Gasteiger partial charge >= 0.3 is 0 Å². The summed E-state index contributed by atoms with van der Waals surface area (Å²) in [5.74, 6) is 0.403. The normalized spacial score (nSPS) is 16.7. The number of nitrogens with zero attached hydrogens (tertiary/aromatic N) is 1. The predicted octanol–water partition coefficient (Wildman–Crippen LogP) is 4.65. The Morgan fingerprint density at radius 2 is 2.32 bits per heavy atom. The summed E-state index contributed by atoms with van der Waals surface area (Å²) in [5, 5.41) is 13.5. The van der Waals surface area contributed by atoms with Gasteiger partial charge in [0, 0.05) is 15.5 Å². The van der Waals surface area contributed by atoms with Gasteiger partial charge in [0.15, 0.2) is 0 Å². The molecular weight excluding hydrogens is 316 g/mol. The van der Waals surface area contributed by atoms with E-state index in [9.17, 15) is 10.1 Å². The van der Waals surface area contributed by atoms with Crippen LogP contribution in [-0.2, 0) is 12.8 Å². The lowest BCUT2D eigenvalue weighted by Crippen LogP contribution is -2.12. The minimum atomic E-state index is -0.231. The summed E-state index contributed by atoms with van der Waals surface area (Å²) in [6.07, 6.45) is 3.00. The fourth-order valence-electron chi connectivity index (χ4n) is 2.76. The standard InChI is InChI=1S/C17H15ClN2OS/c1-10-5-6-13-14(9-19)17(22-15(13)7-10)20-16(21)11-3-2-4-12(18)8-11/h2-4,8,10H,5-7H2,1H3,(H,20,21)/t10-/m1/s1. The topological polar surface area (TPSA) is 52.9 Å². The highest BCUT2D eigenvalue weighted by molar-refractivity contribution is 7.16. The number of thiophene rings is 1. The van der Waals surface area contributed by atoms with E-state index in [4.69, 9.17) is 11.6 Å². The molecule has 3 nitrogen and oxygen atoms in total. The third-order valence-corrected chi connectivity index (χ3v) is 5.34. The quantitative estimate of drug-likeness (QED) is 0.871. The van der Waals surface area contributed by atoms with E-state index in [0.717, 1.165) is 24.8 Å². The molecule has 0 aliphatic heterocycles. The molecule has 0 bridgehead atoms. The molecule has 0 saturated heterocycles. The van der Waals surface area contributed by atoms with Crippen molar-refractivity contribution in [1.82, 2.24) is 0 Å². The molecule has 1 aliphatic carbocycles. The van der Waals surface area contributed by atoms with Gasteiger partial charge in [-0.1, -0.05) is 24.6 Å². The third-order valence-electron chi connectivity index (χ3n) is 3.94. The lowest BCUT2D eigenvalue weighted by Gasteiger charge is -2.17. The van der Waals surface area contributed by atoms with Gasteiger partial charge in [-0.2, -0.15) is 5.26 Å². The lowest BCUT2D eigenvalue weighted by molar-refractivity contribution is 0.102. The Hall–Kier alpha value is -1.83. The van der Waals surface area contributed by atoms with E-state index in [1.807, 2.05) is 0 Å². The maximum absolute atomic E-state index is 12.3. The Kier molecular flexibility index (Phi) is 4.19. The predicted molar refractivity (Wildman–Crippen MR) is 89.6 cm³/mol. The molecule has 0 radical (unpaired) electrons. The average Bonchev–Trinajstić information content (AvgIpc) is 2.83. The molecular formula is C17H15ClN2OS. The van der Waals surface area contributed by atoms with Crippen molar-refractivity contribution in [3.63, 3.8) is 0 Å². The Morgan fingerprint density at radius 1 is 1.50 bits per heavy atom. The second kappa shape index (κ2) is 6.12.